The summed E-state index contributed by atoms with van der Waals surface area (Å²) in [7, 11) is 0. The molecule has 10 rings (SSSR count). The highest BCUT2D eigenvalue weighted by atomic mass is 32.1. The van der Waals surface area contributed by atoms with Crippen molar-refractivity contribution in [3.63, 3.8) is 0 Å². The first-order valence-corrected chi connectivity index (χ1v) is 26.6. The van der Waals surface area contributed by atoms with Crippen molar-refractivity contribution in [1.82, 2.24) is 0 Å². The summed E-state index contributed by atoms with van der Waals surface area (Å²) in [5.74, 6) is 4.87. The molecule has 0 N–H and O–H groups in total. The fraction of sp³-hybridized carbons (Fsp3) is 0.130. The van der Waals surface area contributed by atoms with Gasteiger partial charge < -0.3 is 42.6 Å². The van der Waals surface area contributed by atoms with Crippen LogP contribution in [0.5, 0.6) is 51.7 Å². The van der Waals surface area contributed by atoms with Gasteiger partial charge in [-0.3, -0.25) is 0 Å². The Hall–Kier alpha value is -9.25. The zero-order chi connectivity index (χ0) is 53.7. The second kappa shape index (κ2) is 27.7. The third-order valence-electron chi connectivity index (χ3n) is 12.7. The van der Waals surface area contributed by atoms with Crippen LogP contribution in [0.2, 0.25) is 0 Å². The third kappa shape index (κ3) is 15.7. The van der Waals surface area contributed by atoms with Crippen molar-refractivity contribution >= 4 is 12.6 Å². The Morgan fingerprint density at radius 1 is 0.215 bits per heavy atom. The van der Waals surface area contributed by atoms with Gasteiger partial charge in [0.05, 0.1) is 5.56 Å². The fourth-order valence-electron chi connectivity index (χ4n) is 8.52. The molecule has 0 saturated carbocycles. The Labute approximate surface area is 467 Å². The Morgan fingerprint density at radius 3 is 0.785 bits per heavy atom. The highest BCUT2D eigenvalue weighted by Gasteiger charge is 2.21. The van der Waals surface area contributed by atoms with E-state index in [9.17, 15) is 0 Å². The number of ether oxygens (including phenoxy) is 9. The Balaban J connectivity index is 0.968. The van der Waals surface area contributed by atoms with Gasteiger partial charge in [-0.25, -0.2) is 0 Å². The lowest BCUT2D eigenvalue weighted by molar-refractivity contribution is 0.226. The predicted octanol–water partition coefficient (Wildman–Crippen LogP) is 16.2. The number of benzene rings is 10. The van der Waals surface area contributed by atoms with Crippen molar-refractivity contribution in [1.29, 1.82) is 0 Å². The zero-order valence-electron chi connectivity index (χ0n) is 43.7. The van der Waals surface area contributed by atoms with Crippen LogP contribution in [-0.4, -0.2) is 0 Å². The van der Waals surface area contributed by atoms with Crippen molar-refractivity contribution in [3.8, 4) is 51.7 Å². The van der Waals surface area contributed by atoms with Gasteiger partial charge in [0.1, 0.15) is 76.7 Å². The molecule has 0 amide bonds. The van der Waals surface area contributed by atoms with Crippen LogP contribution >= 0.6 is 12.6 Å². The molecule has 0 bridgehead atoms. The summed E-state index contributed by atoms with van der Waals surface area (Å²) in [6.45, 7) is 2.27. The number of thiol groups is 1. The van der Waals surface area contributed by atoms with E-state index in [1.807, 2.05) is 249 Å². The minimum atomic E-state index is 0.129. The zero-order valence-corrected chi connectivity index (χ0v) is 44.6. The topological polar surface area (TPSA) is 83.1 Å². The van der Waals surface area contributed by atoms with Gasteiger partial charge in [0.25, 0.3) is 0 Å². The summed E-state index contributed by atoms with van der Waals surface area (Å²) in [6.07, 6.45) is 0. The maximum absolute atomic E-state index is 6.81. The first-order chi connectivity index (χ1) is 39.0. The number of hydrogen-bond acceptors (Lipinski definition) is 10. The lowest BCUT2D eigenvalue weighted by Crippen LogP contribution is -2.08. The Morgan fingerprint density at radius 2 is 0.481 bits per heavy atom. The molecule has 0 atom stereocenters. The minimum Gasteiger partial charge on any atom is -0.489 e. The van der Waals surface area contributed by atoms with Crippen LogP contribution in [0.4, 0.5) is 0 Å². The van der Waals surface area contributed by atoms with Gasteiger partial charge >= 0.3 is 0 Å². The van der Waals surface area contributed by atoms with E-state index in [1.165, 1.54) is 0 Å². The van der Waals surface area contributed by atoms with Crippen LogP contribution in [0.1, 0.15) is 50.1 Å². The minimum absolute atomic E-state index is 0.129. The molecule has 9 nitrogen and oxygen atoms in total. The van der Waals surface area contributed by atoms with Gasteiger partial charge in [-0.15, -0.1) is 12.6 Å². The molecule has 10 heteroatoms. The number of rotatable bonds is 27. The molecule has 0 radical (unpaired) electrons. The molecule has 0 aliphatic heterocycles. The fourth-order valence-corrected chi connectivity index (χ4v) is 8.67. The summed E-state index contributed by atoms with van der Waals surface area (Å²) < 4.78 is 59.7. The largest absolute Gasteiger partial charge is 0.489 e. The van der Waals surface area contributed by atoms with E-state index in [-0.39, 0.29) is 19.8 Å². The summed E-state index contributed by atoms with van der Waals surface area (Å²) in [6, 6.07) is 81.4. The molecule has 0 aromatic heterocycles. The molecule has 10 aromatic rings. The van der Waals surface area contributed by atoms with Gasteiger partial charge in [-0.05, 0) is 105 Å². The van der Waals surface area contributed by atoms with Crippen molar-refractivity contribution in [3.05, 3.63) is 299 Å². The summed E-state index contributed by atoms with van der Waals surface area (Å²) in [4.78, 5) is 0.826. The molecule has 10 aromatic carbocycles. The van der Waals surface area contributed by atoms with E-state index >= 15 is 0 Å². The average molecular weight is 1070 g/mol. The van der Waals surface area contributed by atoms with E-state index in [0.717, 1.165) is 49.4 Å². The summed E-state index contributed by atoms with van der Waals surface area (Å²) in [5.41, 5.74) is 8.34. The van der Waals surface area contributed by atoms with Crippen molar-refractivity contribution < 1.29 is 42.6 Å². The molecule has 396 valence electrons. The molecule has 0 aliphatic rings. The average Bonchev–Trinajstić information content (AvgIpc) is 3.51. The normalized spacial score (nSPS) is 10.8. The monoisotopic (exact) mass is 1060 g/mol. The van der Waals surface area contributed by atoms with E-state index in [2.05, 4.69) is 12.6 Å². The van der Waals surface area contributed by atoms with Gasteiger partial charge in [-0.1, -0.05) is 188 Å². The van der Waals surface area contributed by atoms with E-state index in [0.29, 0.717) is 97.0 Å². The lowest BCUT2D eigenvalue weighted by atomic mass is 10.1. The summed E-state index contributed by atoms with van der Waals surface area (Å²) >= 11 is 4.51. The molecule has 0 fully saturated rings. The van der Waals surface area contributed by atoms with Gasteiger partial charge in [-0.2, -0.15) is 0 Å². The van der Waals surface area contributed by atoms with E-state index < -0.39 is 0 Å². The quantitative estimate of drug-likeness (QED) is 0.0506. The first-order valence-electron chi connectivity index (χ1n) is 26.2. The second-order valence-electron chi connectivity index (χ2n) is 18.6. The molecule has 0 unspecified atom stereocenters. The predicted molar refractivity (Wildman–Crippen MR) is 311 cm³/mol. The third-order valence-corrected chi connectivity index (χ3v) is 13.0. The maximum Gasteiger partial charge on any atom is 0.203 e. The highest BCUT2D eigenvalue weighted by Crippen LogP contribution is 2.43. The van der Waals surface area contributed by atoms with E-state index in [4.69, 9.17) is 42.6 Å². The van der Waals surface area contributed by atoms with Crippen LogP contribution < -0.4 is 42.6 Å². The summed E-state index contributed by atoms with van der Waals surface area (Å²) in [5, 5.41) is 0. The van der Waals surface area contributed by atoms with Gasteiger partial charge in [0, 0.05) is 4.90 Å². The highest BCUT2D eigenvalue weighted by molar-refractivity contribution is 7.80. The second-order valence-corrected chi connectivity index (χ2v) is 19.1. The number of hydrogen-bond donors (Lipinski definition) is 1. The SMILES string of the molecule is Sc1ccc(OCc2c(OCc3cc(OCc4ccccc4)c(OCc4ccccc4)c(OCc4ccccc4)c3)cccc2OCc2cc(OCc3ccccc3)c(OCc3ccccc3)c(OCc3ccccc3)c2)cc1. The molecule has 0 aliphatic carbocycles. The van der Waals surface area contributed by atoms with Crippen molar-refractivity contribution in [2.24, 2.45) is 0 Å². The van der Waals surface area contributed by atoms with Crippen molar-refractivity contribution in [2.75, 3.05) is 0 Å². The molecule has 0 spiro atoms. The molecule has 79 heavy (non-hydrogen) atoms. The Bertz CT molecular complexity index is 3110. The van der Waals surface area contributed by atoms with Gasteiger partial charge in [0.2, 0.25) is 11.5 Å². The van der Waals surface area contributed by atoms with Crippen LogP contribution in [-0.2, 0) is 59.5 Å². The molecular weight excluding hydrogens is 1000 g/mol. The van der Waals surface area contributed by atoms with Crippen LogP contribution in [0.15, 0.2) is 254 Å². The molecular formula is C69H60O9S. The lowest BCUT2D eigenvalue weighted by Gasteiger charge is -2.21. The molecule has 0 heterocycles. The van der Waals surface area contributed by atoms with Crippen molar-refractivity contribution in [2.45, 2.75) is 64.4 Å². The van der Waals surface area contributed by atoms with Crippen LogP contribution in [0, 0.1) is 0 Å². The smallest absolute Gasteiger partial charge is 0.203 e. The molecule has 0 saturated heterocycles. The Kier molecular flexibility index (Phi) is 18.6. The maximum atomic E-state index is 6.81. The van der Waals surface area contributed by atoms with Crippen LogP contribution in [0.3, 0.4) is 0 Å². The van der Waals surface area contributed by atoms with E-state index in [1.54, 1.807) is 0 Å². The first kappa shape index (κ1) is 53.2. The van der Waals surface area contributed by atoms with Crippen LogP contribution in [0.25, 0.3) is 0 Å². The van der Waals surface area contributed by atoms with Gasteiger partial charge in [0.15, 0.2) is 23.0 Å². The standard InChI is InChI=1S/C69H60O9S/c79-60-36-34-59(35-37-60)70-50-61-62(71-48-57-38-64(73-42-51-20-7-1-8-21-51)68(77-46-55-28-15-5-16-29-55)65(39-57)74-43-52-22-9-2-10-23-52)32-19-33-63(61)72-49-58-40-66(75-44-53-24-11-3-12-25-53)69(78-47-56-30-17-6-18-31-56)67(41-58)76-45-54-26-13-4-14-27-54/h1-41,79H,42-50H2.